The van der Waals surface area contributed by atoms with Crippen LogP contribution < -0.4 is 26.4 Å². The van der Waals surface area contributed by atoms with Crippen molar-refractivity contribution in [1.82, 2.24) is 15.6 Å². The Labute approximate surface area is 130 Å². The summed E-state index contributed by atoms with van der Waals surface area (Å²) in [5, 5.41) is 12.8. The molecule has 0 amide bonds. The van der Waals surface area contributed by atoms with Crippen molar-refractivity contribution >= 4 is 18.0 Å². The van der Waals surface area contributed by atoms with E-state index in [0.29, 0.717) is 6.04 Å². The van der Waals surface area contributed by atoms with Gasteiger partial charge in [-0.3, -0.25) is 4.98 Å². The molecule has 0 atom stereocenters. The maximum absolute atomic E-state index is 4.30. The van der Waals surface area contributed by atoms with Crippen LogP contribution in [0.15, 0.2) is 30.5 Å². The van der Waals surface area contributed by atoms with E-state index in [1.54, 1.807) is 0 Å². The number of fused-ring (bicyclic) bond motifs is 1. The molecule has 4 rings (SSSR count). The minimum Gasteiger partial charge on any atom is -0.387 e. The fraction of sp³-hybridized carbons (Fsp3) is 0.278. The SMILES string of the molecule is Cc1cc(-c2cc(NC3CNC3)c3c(c2)=CCNC=3)ccn1. The zero-order chi connectivity index (χ0) is 14.9. The van der Waals surface area contributed by atoms with Crippen molar-refractivity contribution < 1.29 is 0 Å². The number of anilines is 1. The van der Waals surface area contributed by atoms with Gasteiger partial charge in [-0.1, -0.05) is 6.08 Å². The number of pyridine rings is 1. The molecule has 0 saturated carbocycles. The molecule has 0 aliphatic carbocycles. The second-order valence-electron chi connectivity index (χ2n) is 5.97. The van der Waals surface area contributed by atoms with Gasteiger partial charge in [-0.25, -0.2) is 0 Å². The quantitative estimate of drug-likeness (QED) is 0.774. The fourth-order valence-corrected chi connectivity index (χ4v) is 2.96. The third kappa shape index (κ3) is 2.46. The summed E-state index contributed by atoms with van der Waals surface area (Å²) in [6.45, 7) is 4.98. The van der Waals surface area contributed by atoms with Gasteiger partial charge in [-0.2, -0.15) is 0 Å². The lowest BCUT2D eigenvalue weighted by atomic mass is 10.0. The summed E-state index contributed by atoms with van der Waals surface area (Å²) in [6.07, 6.45) is 6.24. The molecule has 1 aromatic carbocycles. The first kappa shape index (κ1) is 13.3. The normalized spacial score (nSPS) is 16.6. The van der Waals surface area contributed by atoms with Crippen LogP contribution in [-0.2, 0) is 0 Å². The second kappa shape index (κ2) is 5.46. The van der Waals surface area contributed by atoms with Crippen LogP contribution in [0.25, 0.3) is 23.4 Å². The Hall–Kier alpha value is -2.33. The molecular formula is C18H20N4. The van der Waals surface area contributed by atoms with E-state index in [1.807, 2.05) is 13.1 Å². The number of rotatable bonds is 3. The third-order valence-corrected chi connectivity index (χ3v) is 4.27. The summed E-state index contributed by atoms with van der Waals surface area (Å²) in [4.78, 5) is 4.30. The summed E-state index contributed by atoms with van der Waals surface area (Å²) in [5.41, 5.74) is 4.71. The predicted octanol–water partition coefficient (Wildman–Crippen LogP) is 0.562. The van der Waals surface area contributed by atoms with E-state index in [4.69, 9.17) is 0 Å². The van der Waals surface area contributed by atoms with Crippen molar-refractivity contribution in [2.24, 2.45) is 0 Å². The number of aryl methyl sites for hydroxylation is 1. The van der Waals surface area contributed by atoms with E-state index in [1.165, 1.54) is 27.3 Å². The van der Waals surface area contributed by atoms with Crippen LogP contribution in [0.1, 0.15) is 5.69 Å². The number of benzene rings is 1. The molecular weight excluding hydrogens is 272 g/mol. The molecule has 0 spiro atoms. The Morgan fingerprint density at radius 3 is 2.86 bits per heavy atom. The van der Waals surface area contributed by atoms with Gasteiger partial charge in [0.05, 0.1) is 6.04 Å². The number of aromatic nitrogens is 1. The highest BCUT2D eigenvalue weighted by atomic mass is 15.1. The third-order valence-electron chi connectivity index (χ3n) is 4.27. The first-order valence-corrected chi connectivity index (χ1v) is 7.78. The predicted molar refractivity (Wildman–Crippen MR) is 90.9 cm³/mol. The average molecular weight is 292 g/mol. The van der Waals surface area contributed by atoms with Crippen LogP contribution in [0.2, 0.25) is 0 Å². The summed E-state index contributed by atoms with van der Waals surface area (Å²) in [5.74, 6) is 0. The van der Waals surface area contributed by atoms with Gasteiger partial charge in [0.15, 0.2) is 0 Å². The van der Waals surface area contributed by atoms with Crippen molar-refractivity contribution in [3.05, 3.63) is 46.6 Å². The standard InChI is InChI=1S/C18H20N4/c1-12-6-13(3-5-21-12)15-7-14-2-4-19-11-17(14)18(8-15)22-16-9-20-10-16/h2-3,5-8,11,16,19-20,22H,4,9-10H2,1H3. The Morgan fingerprint density at radius 1 is 1.18 bits per heavy atom. The first-order valence-electron chi connectivity index (χ1n) is 7.78. The molecule has 1 aromatic heterocycles. The summed E-state index contributed by atoms with van der Waals surface area (Å²) >= 11 is 0. The van der Waals surface area contributed by atoms with E-state index in [9.17, 15) is 0 Å². The molecule has 1 saturated heterocycles. The van der Waals surface area contributed by atoms with E-state index in [2.05, 4.69) is 57.5 Å². The van der Waals surface area contributed by atoms with Crippen LogP contribution >= 0.6 is 0 Å². The highest BCUT2D eigenvalue weighted by molar-refractivity contribution is 5.70. The van der Waals surface area contributed by atoms with Crippen LogP contribution in [0.3, 0.4) is 0 Å². The van der Waals surface area contributed by atoms with Gasteiger partial charge in [-0.05, 0) is 47.5 Å². The van der Waals surface area contributed by atoms with Crippen molar-refractivity contribution in [1.29, 1.82) is 0 Å². The van der Waals surface area contributed by atoms with Gasteiger partial charge in [0.2, 0.25) is 0 Å². The maximum atomic E-state index is 4.30. The Morgan fingerprint density at radius 2 is 2.09 bits per heavy atom. The van der Waals surface area contributed by atoms with Gasteiger partial charge in [0.25, 0.3) is 0 Å². The van der Waals surface area contributed by atoms with Crippen LogP contribution in [0.5, 0.6) is 0 Å². The van der Waals surface area contributed by atoms with Crippen molar-refractivity contribution in [2.45, 2.75) is 13.0 Å². The van der Waals surface area contributed by atoms with Crippen molar-refractivity contribution in [2.75, 3.05) is 25.0 Å². The number of hydrogen-bond acceptors (Lipinski definition) is 4. The topological polar surface area (TPSA) is 49.0 Å². The molecule has 1 fully saturated rings. The molecule has 2 aromatic rings. The maximum Gasteiger partial charge on any atom is 0.0510 e. The molecule has 2 aliphatic rings. The van der Waals surface area contributed by atoms with E-state index < -0.39 is 0 Å². The molecule has 3 heterocycles. The van der Waals surface area contributed by atoms with Gasteiger partial charge < -0.3 is 16.0 Å². The molecule has 0 radical (unpaired) electrons. The Bertz CT molecular complexity index is 821. The Balaban J connectivity index is 1.84. The Kier molecular flexibility index (Phi) is 3.31. The molecule has 2 aliphatic heterocycles. The lowest BCUT2D eigenvalue weighted by Crippen LogP contribution is -2.52. The monoisotopic (exact) mass is 292 g/mol. The molecule has 0 unspecified atom stereocenters. The molecule has 3 N–H and O–H groups in total. The fourth-order valence-electron chi connectivity index (χ4n) is 2.96. The van der Waals surface area contributed by atoms with Crippen molar-refractivity contribution in [3.63, 3.8) is 0 Å². The zero-order valence-corrected chi connectivity index (χ0v) is 12.7. The van der Waals surface area contributed by atoms with E-state index in [-0.39, 0.29) is 0 Å². The van der Waals surface area contributed by atoms with E-state index >= 15 is 0 Å². The van der Waals surface area contributed by atoms with Crippen LogP contribution in [-0.4, -0.2) is 30.7 Å². The molecule has 4 heteroatoms. The lowest BCUT2D eigenvalue weighted by molar-refractivity contribution is 0.472. The minimum absolute atomic E-state index is 0.522. The lowest BCUT2D eigenvalue weighted by Gasteiger charge is -2.29. The number of nitrogens with zero attached hydrogens (tertiary/aromatic N) is 1. The first-order chi connectivity index (χ1) is 10.8. The number of hydrogen-bond donors (Lipinski definition) is 3. The highest BCUT2D eigenvalue weighted by Gasteiger charge is 2.17. The van der Waals surface area contributed by atoms with Crippen molar-refractivity contribution in [3.8, 4) is 11.1 Å². The summed E-state index contributed by atoms with van der Waals surface area (Å²) < 4.78 is 0. The van der Waals surface area contributed by atoms with Crippen LogP contribution in [0.4, 0.5) is 5.69 Å². The van der Waals surface area contributed by atoms with E-state index in [0.717, 1.165) is 25.3 Å². The second-order valence-corrected chi connectivity index (χ2v) is 5.97. The minimum atomic E-state index is 0.522. The average Bonchev–Trinajstić information content (AvgIpc) is 2.50. The van der Waals surface area contributed by atoms with Gasteiger partial charge in [-0.15, -0.1) is 0 Å². The van der Waals surface area contributed by atoms with Gasteiger partial charge >= 0.3 is 0 Å². The molecule has 22 heavy (non-hydrogen) atoms. The zero-order valence-electron chi connectivity index (χ0n) is 12.7. The highest BCUT2D eigenvalue weighted by Crippen LogP contribution is 2.20. The smallest absolute Gasteiger partial charge is 0.0510 e. The van der Waals surface area contributed by atoms with Gasteiger partial charge in [0, 0.05) is 48.6 Å². The molecule has 0 bridgehead atoms. The largest absolute Gasteiger partial charge is 0.387 e. The van der Waals surface area contributed by atoms with Gasteiger partial charge in [0.1, 0.15) is 0 Å². The molecule has 112 valence electrons. The molecule has 4 nitrogen and oxygen atoms in total. The summed E-state index contributed by atoms with van der Waals surface area (Å²) in [6, 6.07) is 9.26. The summed E-state index contributed by atoms with van der Waals surface area (Å²) in [7, 11) is 0. The van der Waals surface area contributed by atoms with Crippen LogP contribution in [0, 0.1) is 6.92 Å². The number of nitrogens with one attached hydrogen (secondary N) is 3.